The van der Waals surface area contributed by atoms with E-state index in [0.717, 1.165) is 5.56 Å². The Morgan fingerprint density at radius 1 is 1.38 bits per heavy atom. The number of hydrogen-bond donors (Lipinski definition) is 1. The van der Waals surface area contributed by atoms with Crippen molar-refractivity contribution in [1.29, 1.82) is 0 Å². The SMILES string of the molecule is CC(C)(C(=O)CO[PH](=O)O)c1ccccc1. The van der Waals surface area contributed by atoms with Crippen LogP contribution in [-0.2, 0) is 19.3 Å². The van der Waals surface area contributed by atoms with Gasteiger partial charge in [0.15, 0.2) is 5.78 Å². The lowest BCUT2D eigenvalue weighted by Crippen LogP contribution is -2.31. The normalized spacial score (nSPS) is 13.4. The minimum absolute atomic E-state index is 0.217. The fourth-order valence-electron chi connectivity index (χ4n) is 1.32. The van der Waals surface area contributed by atoms with E-state index >= 15 is 0 Å². The fraction of sp³-hybridized carbons (Fsp3) is 0.364. The van der Waals surface area contributed by atoms with E-state index in [0.29, 0.717) is 0 Å². The second-order valence-electron chi connectivity index (χ2n) is 3.97. The molecule has 0 radical (unpaired) electrons. The van der Waals surface area contributed by atoms with Crippen molar-refractivity contribution in [1.82, 2.24) is 0 Å². The number of Topliss-reactive ketones (excluding diaryl/α,β-unsaturated/α-hetero) is 1. The van der Waals surface area contributed by atoms with Crippen molar-refractivity contribution >= 4 is 14.0 Å². The van der Waals surface area contributed by atoms with E-state index in [2.05, 4.69) is 4.52 Å². The maximum absolute atomic E-state index is 11.8. The maximum atomic E-state index is 11.8. The van der Waals surface area contributed by atoms with Crippen molar-refractivity contribution < 1.29 is 18.8 Å². The molecule has 1 N–H and O–H groups in total. The summed E-state index contributed by atoms with van der Waals surface area (Å²) in [7, 11) is -3.04. The summed E-state index contributed by atoms with van der Waals surface area (Å²) in [5, 5.41) is 0. The zero-order chi connectivity index (χ0) is 12.2. The Hall–Kier alpha value is -0.960. The van der Waals surface area contributed by atoms with Gasteiger partial charge in [0.2, 0.25) is 0 Å². The van der Waals surface area contributed by atoms with E-state index in [1.165, 1.54) is 0 Å². The monoisotopic (exact) mass is 242 g/mol. The van der Waals surface area contributed by atoms with Gasteiger partial charge in [-0.3, -0.25) is 9.36 Å². The fourth-order valence-corrected chi connectivity index (χ4v) is 1.58. The molecule has 0 fully saturated rings. The van der Waals surface area contributed by atoms with Crippen molar-refractivity contribution in [3.63, 3.8) is 0 Å². The first-order valence-electron chi connectivity index (χ1n) is 4.89. The summed E-state index contributed by atoms with van der Waals surface area (Å²) < 4.78 is 14.8. The molecule has 1 unspecified atom stereocenters. The largest absolute Gasteiger partial charge is 0.326 e. The average molecular weight is 242 g/mol. The molecule has 1 aromatic carbocycles. The first kappa shape index (κ1) is 13.1. The molecular weight excluding hydrogens is 227 g/mol. The molecule has 0 aliphatic heterocycles. The second-order valence-corrected chi connectivity index (χ2v) is 4.79. The molecule has 0 spiro atoms. The molecule has 0 aromatic heterocycles. The molecule has 0 aliphatic rings. The highest BCUT2D eigenvalue weighted by Gasteiger charge is 2.29. The molecule has 1 aromatic rings. The number of rotatable bonds is 5. The molecule has 1 rings (SSSR count). The van der Waals surface area contributed by atoms with Crippen LogP contribution in [0.2, 0.25) is 0 Å². The Morgan fingerprint density at radius 2 is 1.94 bits per heavy atom. The Labute approximate surface area is 95.2 Å². The van der Waals surface area contributed by atoms with E-state index in [4.69, 9.17) is 4.89 Å². The van der Waals surface area contributed by atoms with Gasteiger partial charge in [-0.2, -0.15) is 0 Å². The summed E-state index contributed by atoms with van der Waals surface area (Å²) in [6, 6.07) is 9.26. The predicted octanol–water partition coefficient (Wildman–Crippen LogP) is 1.93. The first-order chi connectivity index (χ1) is 7.44. The minimum atomic E-state index is -3.04. The first-order valence-corrected chi connectivity index (χ1v) is 6.15. The summed E-state index contributed by atoms with van der Waals surface area (Å²) in [6.45, 7) is 3.20. The molecule has 4 nitrogen and oxygen atoms in total. The molecule has 0 saturated heterocycles. The van der Waals surface area contributed by atoms with Crippen LogP contribution in [0.5, 0.6) is 0 Å². The van der Waals surface area contributed by atoms with Gasteiger partial charge in [-0.05, 0) is 19.4 Å². The lowest BCUT2D eigenvalue weighted by Gasteiger charge is -2.23. The summed E-state index contributed by atoms with van der Waals surface area (Å²) in [5.74, 6) is -0.217. The quantitative estimate of drug-likeness (QED) is 0.801. The van der Waals surface area contributed by atoms with Crippen LogP contribution in [-0.4, -0.2) is 17.3 Å². The van der Waals surface area contributed by atoms with Crippen LogP contribution in [0.4, 0.5) is 0 Å². The average Bonchev–Trinajstić information content (AvgIpc) is 2.27. The van der Waals surface area contributed by atoms with Crippen molar-refractivity contribution in [2.75, 3.05) is 6.61 Å². The molecule has 5 heteroatoms. The van der Waals surface area contributed by atoms with Gasteiger partial charge in [0, 0.05) is 0 Å². The van der Waals surface area contributed by atoms with E-state index in [1.807, 2.05) is 30.3 Å². The van der Waals surface area contributed by atoms with Crippen LogP contribution in [0.25, 0.3) is 0 Å². The number of carbonyl (C=O) groups excluding carboxylic acids is 1. The van der Waals surface area contributed by atoms with Gasteiger partial charge in [0.25, 0.3) is 0 Å². The smallest absolute Gasteiger partial charge is 0.317 e. The third kappa shape index (κ3) is 3.27. The van der Waals surface area contributed by atoms with Crippen LogP contribution in [0.1, 0.15) is 19.4 Å². The molecule has 1 atom stereocenters. The molecule has 88 valence electrons. The zero-order valence-corrected chi connectivity index (χ0v) is 10.3. The van der Waals surface area contributed by atoms with Crippen LogP contribution in [0.3, 0.4) is 0 Å². The van der Waals surface area contributed by atoms with Crippen molar-refractivity contribution in [2.45, 2.75) is 19.3 Å². The number of benzene rings is 1. The van der Waals surface area contributed by atoms with E-state index < -0.39 is 13.7 Å². The number of ketones is 1. The zero-order valence-electron chi connectivity index (χ0n) is 9.27. The van der Waals surface area contributed by atoms with Gasteiger partial charge in [-0.15, -0.1) is 0 Å². The summed E-state index contributed by atoms with van der Waals surface area (Å²) >= 11 is 0. The highest BCUT2D eigenvalue weighted by atomic mass is 31.1. The molecule has 16 heavy (non-hydrogen) atoms. The van der Waals surface area contributed by atoms with Crippen molar-refractivity contribution in [3.05, 3.63) is 35.9 Å². The van der Waals surface area contributed by atoms with Gasteiger partial charge in [0.05, 0.1) is 5.41 Å². The molecule has 0 bridgehead atoms. The third-order valence-electron chi connectivity index (χ3n) is 2.52. The molecular formula is C11H15O4P. The summed E-state index contributed by atoms with van der Waals surface area (Å²) in [5.41, 5.74) is 0.152. The van der Waals surface area contributed by atoms with Crippen molar-refractivity contribution in [3.8, 4) is 0 Å². The highest BCUT2D eigenvalue weighted by molar-refractivity contribution is 7.32. The highest BCUT2D eigenvalue weighted by Crippen LogP contribution is 2.25. The lowest BCUT2D eigenvalue weighted by atomic mass is 9.81. The van der Waals surface area contributed by atoms with E-state index in [-0.39, 0.29) is 12.4 Å². The third-order valence-corrected chi connectivity index (χ3v) is 2.91. The Morgan fingerprint density at radius 3 is 2.44 bits per heavy atom. The van der Waals surface area contributed by atoms with Gasteiger partial charge in [0.1, 0.15) is 6.61 Å². The van der Waals surface area contributed by atoms with Crippen LogP contribution in [0, 0.1) is 0 Å². The molecule has 0 aliphatic carbocycles. The molecule has 0 amide bonds. The van der Waals surface area contributed by atoms with E-state index in [9.17, 15) is 9.36 Å². The number of hydrogen-bond acceptors (Lipinski definition) is 3. The van der Waals surface area contributed by atoms with Crippen LogP contribution < -0.4 is 0 Å². The standard InChI is InChI=1S/C11H15O4P/c1-11(2,9-6-4-3-5-7-9)10(12)8-15-16(13)14/h3-7,16H,8H2,1-2H3,(H,13,14). The minimum Gasteiger partial charge on any atom is -0.326 e. The summed E-state index contributed by atoms with van der Waals surface area (Å²) in [4.78, 5) is 20.3. The predicted molar refractivity (Wildman–Crippen MR) is 61.6 cm³/mol. The van der Waals surface area contributed by atoms with E-state index in [1.54, 1.807) is 13.8 Å². The van der Waals surface area contributed by atoms with Crippen LogP contribution in [0.15, 0.2) is 30.3 Å². The number of carbonyl (C=O) groups is 1. The Kier molecular flexibility index (Phi) is 4.42. The molecule has 0 heterocycles. The van der Waals surface area contributed by atoms with Gasteiger partial charge in [-0.25, -0.2) is 0 Å². The van der Waals surface area contributed by atoms with Gasteiger partial charge in [-0.1, -0.05) is 30.3 Å². The second kappa shape index (κ2) is 5.39. The maximum Gasteiger partial charge on any atom is 0.317 e. The summed E-state index contributed by atoms with van der Waals surface area (Å²) in [6.07, 6.45) is 0. The molecule has 0 saturated carbocycles. The van der Waals surface area contributed by atoms with Crippen LogP contribution >= 0.6 is 8.25 Å². The Balaban J connectivity index is 2.78. The topological polar surface area (TPSA) is 63.6 Å². The Bertz CT molecular complexity index is 386. The van der Waals surface area contributed by atoms with Gasteiger partial charge < -0.3 is 9.42 Å². The lowest BCUT2D eigenvalue weighted by molar-refractivity contribution is -0.125. The van der Waals surface area contributed by atoms with Gasteiger partial charge >= 0.3 is 8.25 Å². The van der Waals surface area contributed by atoms with Crippen molar-refractivity contribution in [2.24, 2.45) is 0 Å².